The lowest BCUT2D eigenvalue weighted by molar-refractivity contribution is -0.124. The molecule has 0 aliphatic carbocycles. The second-order valence-corrected chi connectivity index (χ2v) is 4.92. The monoisotopic (exact) mass is 284 g/mol. The van der Waals surface area contributed by atoms with Gasteiger partial charge in [-0.1, -0.05) is 11.6 Å². The van der Waals surface area contributed by atoms with Crippen LogP contribution in [-0.4, -0.2) is 30.7 Å². The van der Waals surface area contributed by atoms with E-state index in [0.717, 1.165) is 19.4 Å². The second kappa shape index (κ2) is 6.12. The molecule has 1 unspecified atom stereocenters. The van der Waals surface area contributed by atoms with Crippen molar-refractivity contribution in [1.29, 1.82) is 0 Å². The maximum atomic E-state index is 11.6. The molecule has 3 N–H and O–H groups in total. The zero-order chi connectivity index (χ0) is 13.8. The third-order valence-corrected chi connectivity index (χ3v) is 3.38. The van der Waals surface area contributed by atoms with Gasteiger partial charge >= 0.3 is 0 Å². The van der Waals surface area contributed by atoms with Crippen LogP contribution in [-0.2, 0) is 11.3 Å². The van der Waals surface area contributed by atoms with Crippen LogP contribution in [0.3, 0.4) is 0 Å². The van der Waals surface area contributed by atoms with Crippen molar-refractivity contribution in [2.45, 2.75) is 25.4 Å². The molecule has 0 spiro atoms. The van der Waals surface area contributed by atoms with Gasteiger partial charge in [0.15, 0.2) is 11.5 Å². The molecule has 1 atom stereocenters. The first-order valence-corrected chi connectivity index (χ1v) is 6.56. The highest BCUT2D eigenvalue weighted by Crippen LogP contribution is 2.33. The normalized spacial score (nSPS) is 19.1. The maximum absolute atomic E-state index is 11.6. The van der Waals surface area contributed by atoms with E-state index in [0.29, 0.717) is 22.9 Å². The zero-order valence-electron chi connectivity index (χ0n) is 10.7. The van der Waals surface area contributed by atoms with Crippen LogP contribution in [0.1, 0.15) is 18.4 Å². The highest BCUT2D eigenvalue weighted by molar-refractivity contribution is 6.30. The number of amides is 1. The van der Waals surface area contributed by atoms with Crippen LogP contribution in [0.4, 0.5) is 0 Å². The van der Waals surface area contributed by atoms with Crippen molar-refractivity contribution in [1.82, 2.24) is 10.6 Å². The van der Waals surface area contributed by atoms with Crippen molar-refractivity contribution < 1.29 is 14.6 Å². The number of carbonyl (C=O) groups is 1. The van der Waals surface area contributed by atoms with Crippen molar-refractivity contribution in [3.8, 4) is 11.5 Å². The summed E-state index contributed by atoms with van der Waals surface area (Å²) in [5, 5.41) is 16.4. The number of hydrogen-bond donors (Lipinski definition) is 3. The largest absolute Gasteiger partial charge is 0.504 e. The Morgan fingerprint density at radius 1 is 1.58 bits per heavy atom. The zero-order valence-corrected chi connectivity index (χ0v) is 11.5. The molecule has 0 aromatic heterocycles. The summed E-state index contributed by atoms with van der Waals surface area (Å²) in [6, 6.07) is 2.99. The number of aromatic hydroxyl groups is 1. The Balaban J connectivity index is 2.06. The summed E-state index contributed by atoms with van der Waals surface area (Å²) in [5.74, 6) is 0.382. The van der Waals surface area contributed by atoms with Crippen LogP contribution in [0.5, 0.6) is 11.5 Å². The summed E-state index contributed by atoms with van der Waals surface area (Å²) in [6.45, 7) is 1.09. The third-order valence-electron chi connectivity index (χ3n) is 3.16. The Hall–Kier alpha value is -1.46. The minimum Gasteiger partial charge on any atom is -0.504 e. The number of rotatable bonds is 4. The van der Waals surface area contributed by atoms with Crippen LogP contribution in [0.25, 0.3) is 0 Å². The molecule has 19 heavy (non-hydrogen) atoms. The highest BCUT2D eigenvalue weighted by Gasteiger charge is 2.21. The summed E-state index contributed by atoms with van der Waals surface area (Å²) in [5.41, 5.74) is 0.614. The summed E-state index contributed by atoms with van der Waals surface area (Å²) in [7, 11) is 1.47. The van der Waals surface area contributed by atoms with Crippen LogP contribution in [0.2, 0.25) is 5.02 Å². The molecule has 1 aromatic carbocycles. The number of benzene rings is 1. The number of phenolic OH excluding ortho intramolecular Hbond substituents is 1. The molecule has 1 heterocycles. The van der Waals surface area contributed by atoms with Crippen molar-refractivity contribution >= 4 is 17.5 Å². The summed E-state index contributed by atoms with van der Waals surface area (Å²) in [6.07, 6.45) is 1.75. The Labute approximate surface area is 116 Å². The summed E-state index contributed by atoms with van der Waals surface area (Å²) in [4.78, 5) is 11.6. The van der Waals surface area contributed by atoms with Gasteiger partial charge in [-0.25, -0.2) is 0 Å². The summed E-state index contributed by atoms with van der Waals surface area (Å²) >= 11 is 5.95. The van der Waals surface area contributed by atoms with Crippen molar-refractivity contribution in [2.24, 2.45) is 0 Å². The lowest BCUT2D eigenvalue weighted by Gasteiger charge is -2.23. The number of carbonyl (C=O) groups excluding carboxylic acids is 1. The maximum Gasteiger partial charge on any atom is 0.237 e. The van der Waals surface area contributed by atoms with Gasteiger partial charge in [-0.2, -0.15) is 0 Å². The third kappa shape index (κ3) is 3.30. The molecule has 1 aromatic rings. The number of nitrogens with one attached hydrogen (secondary N) is 2. The molecule has 1 fully saturated rings. The molecule has 1 aliphatic heterocycles. The predicted molar refractivity (Wildman–Crippen MR) is 72.5 cm³/mol. The summed E-state index contributed by atoms with van der Waals surface area (Å²) < 4.78 is 5.04. The average Bonchev–Trinajstić information content (AvgIpc) is 2.41. The van der Waals surface area contributed by atoms with Crippen LogP contribution in [0.15, 0.2) is 12.1 Å². The fourth-order valence-electron chi connectivity index (χ4n) is 2.12. The number of hydrogen-bond acceptors (Lipinski definition) is 4. The van der Waals surface area contributed by atoms with E-state index < -0.39 is 0 Å². The first-order chi connectivity index (χ1) is 9.11. The molecular formula is C13H17ClN2O3. The quantitative estimate of drug-likeness (QED) is 0.782. The van der Waals surface area contributed by atoms with Gasteiger partial charge in [0, 0.05) is 29.7 Å². The van der Waals surface area contributed by atoms with E-state index in [1.54, 1.807) is 12.1 Å². The first-order valence-electron chi connectivity index (χ1n) is 6.18. The second-order valence-electron chi connectivity index (χ2n) is 4.48. The minimum absolute atomic E-state index is 0.000247. The Bertz CT molecular complexity index is 479. The highest BCUT2D eigenvalue weighted by atomic mass is 35.5. The minimum atomic E-state index is -0.224. The average molecular weight is 285 g/mol. The topological polar surface area (TPSA) is 70.6 Å². The van der Waals surface area contributed by atoms with Crippen LogP contribution >= 0.6 is 11.6 Å². The van der Waals surface area contributed by atoms with E-state index in [1.165, 1.54) is 7.11 Å². The van der Waals surface area contributed by atoms with Gasteiger partial charge in [0.1, 0.15) is 0 Å². The molecular weight excluding hydrogens is 268 g/mol. The molecule has 2 rings (SSSR count). The molecule has 0 bridgehead atoms. The van der Waals surface area contributed by atoms with E-state index in [4.69, 9.17) is 16.3 Å². The number of phenols is 1. The number of halogens is 1. The molecule has 1 aliphatic rings. The fraction of sp³-hybridized carbons (Fsp3) is 0.462. The molecule has 5 nitrogen and oxygen atoms in total. The fourth-order valence-corrected chi connectivity index (χ4v) is 2.35. The van der Waals surface area contributed by atoms with E-state index >= 15 is 0 Å². The Kier molecular flexibility index (Phi) is 4.50. The van der Waals surface area contributed by atoms with Gasteiger partial charge in [-0.05, 0) is 18.9 Å². The van der Waals surface area contributed by atoms with Crippen LogP contribution < -0.4 is 15.4 Å². The van der Waals surface area contributed by atoms with Gasteiger partial charge in [0.25, 0.3) is 0 Å². The van der Waals surface area contributed by atoms with Crippen molar-refractivity contribution in [3.63, 3.8) is 0 Å². The molecule has 1 amide bonds. The van der Waals surface area contributed by atoms with E-state index in [-0.39, 0.29) is 17.7 Å². The van der Waals surface area contributed by atoms with E-state index in [2.05, 4.69) is 10.6 Å². The molecule has 1 saturated heterocycles. The van der Waals surface area contributed by atoms with Gasteiger partial charge in [0.05, 0.1) is 13.2 Å². The molecule has 104 valence electrons. The van der Waals surface area contributed by atoms with Gasteiger partial charge in [-0.15, -0.1) is 0 Å². The van der Waals surface area contributed by atoms with E-state index in [1.807, 2.05) is 0 Å². The number of ether oxygens (including phenoxy) is 1. The number of piperidine rings is 1. The lowest BCUT2D eigenvalue weighted by atomic mass is 10.1. The molecule has 0 radical (unpaired) electrons. The smallest absolute Gasteiger partial charge is 0.237 e. The molecule has 0 saturated carbocycles. The number of methoxy groups -OCH3 is 1. The standard InChI is InChI=1S/C13H17ClN2O3/c1-19-11-6-9(14)5-8(12(11)17)7-16-10-3-2-4-15-13(10)18/h5-6,10,16-17H,2-4,7H2,1H3,(H,15,18). The predicted octanol–water partition coefficient (Wildman–Crippen LogP) is 1.42. The van der Waals surface area contributed by atoms with Gasteiger partial charge in [0.2, 0.25) is 5.91 Å². The SMILES string of the molecule is COc1cc(Cl)cc(CNC2CCCNC2=O)c1O. The van der Waals surface area contributed by atoms with Crippen molar-refractivity contribution in [3.05, 3.63) is 22.7 Å². The Morgan fingerprint density at radius 2 is 2.37 bits per heavy atom. The lowest BCUT2D eigenvalue weighted by Crippen LogP contribution is -2.47. The first kappa shape index (κ1) is 14.0. The molecule has 6 heteroatoms. The Morgan fingerprint density at radius 3 is 3.05 bits per heavy atom. The van der Waals surface area contributed by atoms with Crippen LogP contribution in [0, 0.1) is 0 Å². The van der Waals surface area contributed by atoms with Gasteiger partial charge < -0.3 is 20.5 Å². The van der Waals surface area contributed by atoms with E-state index in [9.17, 15) is 9.90 Å². The van der Waals surface area contributed by atoms with Gasteiger partial charge in [-0.3, -0.25) is 4.79 Å². The van der Waals surface area contributed by atoms with Crippen molar-refractivity contribution in [2.75, 3.05) is 13.7 Å².